The van der Waals surface area contributed by atoms with Crippen molar-refractivity contribution in [3.63, 3.8) is 0 Å². The summed E-state index contributed by atoms with van der Waals surface area (Å²) in [7, 11) is 0. The largest absolute Gasteiger partial charge is 0.489 e. The van der Waals surface area contributed by atoms with Crippen molar-refractivity contribution in [2.24, 2.45) is 5.10 Å². The maximum atomic E-state index is 6.18. The minimum absolute atomic E-state index is 0.408. The molecule has 7 heteroatoms. The third kappa shape index (κ3) is 5.39. The fourth-order valence-electron chi connectivity index (χ4n) is 2.70. The lowest BCUT2D eigenvalue weighted by molar-refractivity contribution is 0.306. The van der Waals surface area contributed by atoms with Crippen LogP contribution in [0.15, 0.2) is 83.3 Å². The summed E-state index contributed by atoms with van der Waals surface area (Å²) in [5, 5.41) is 8.37. The second-order valence-electron chi connectivity index (χ2n) is 6.37. The summed E-state index contributed by atoms with van der Waals surface area (Å²) in [4.78, 5) is 4.54. The van der Waals surface area contributed by atoms with E-state index in [9.17, 15) is 0 Å². The lowest BCUT2D eigenvalue weighted by atomic mass is 10.2. The monoisotopic (exact) mass is 453 g/mol. The van der Waals surface area contributed by atoms with E-state index in [0.717, 1.165) is 28.1 Å². The summed E-state index contributed by atoms with van der Waals surface area (Å²) in [6.45, 7) is 0.408. The van der Waals surface area contributed by atoms with Gasteiger partial charge in [0.05, 0.1) is 11.9 Å². The molecule has 4 rings (SSSR count). The number of rotatable bonds is 7. The van der Waals surface area contributed by atoms with Gasteiger partial charge in [0.15, 0.2) is 0 Å². The molecule has 0 atom stereocenters. The molecule has 0 unspecified atom stereocenters. The zero-order chi connectivity index (χ0) is 20.8. The summed E-state index contributed by atoms with van der Waals surface area (Å²) < 4.78 is 5.85. The van der Waals surface area contributed by atoms with E-state index in [2.05, 4.69) is 15.5 Å². The Hall–Kier alpha value is -2.86. The number of benzene rings is 3. The van der Waals surface area contributed by atoms with E-state index < -0.39 is 0 Å². The van der Waals surface area contributed by atoms with Crippen molar-refractivity contribution in [3.8, 4) is 17.0 Å². The first-order valence-corrected chi connectivity index (χ1v) is 10.8. The number of nitrogens with one attached hydrogen (secondary N) is 1. The topological polar surface area (TPSA) is 46.5 Å². The van der Waals surface area contributed by atoms with Gasteiger partial charge in [-0.2, -0.15) is 5.10 Å². The number of hydrazone groups is 1. The highest BCUT2D eigenvalue weighted by Crippen LogP contribution is 2.26. The third-order valence-corrected chi connectivity index (χ3v) is 5.60. The predicted octanol–water partition coefficient (Wildman–Crippen LogP) is 7.14. The number of ether oxygens (including phenoxy) is 1. The highest BCUT2D eigenvalue weighted by atomic mass is 35.5. The second-order valence-corrected chi connectivity index (χ2v) is 8.07. The molecule has 1 N–H and O–H groups in total. The van der Waals surface area contributed by atoms with Crippen molar-refractivity contribution in [2.45, 2.75) is 6.61 Å². The Bertz CT molecular complexity index is 1160. The SMILES string of the molecule is Clc1ccc(-c2csc(N/N=C\c3cccc(OCc4ccccc4Cl)c3)n2)cc1. The molecule has 0 aliphatic heterocycles. The van der Waals surface area contributed by atoms with Crippen LogP contribution >= 0.6 is 34.5 Å². The van der Waals surface area contributed by atoms with Gasteiger partial charge >= 0.3 is 0 Å². The Kier molecular flexibility index (Phi) is 6.64. The Balaban J connectivity index is 1.36. The number of halogens is 2. The van der Waals surface area contributed by atoms with Crippen LogP contribution in [-0.2, 0) is 6.61 Å². The number of hydrogen-bond acceptors (Lipinski definition) is 5. The zero-order valence-electron chi connectivity index (χ0n) is 15.8. The van der Waals surface area contributed by atoms with Crippen molar-refractivity contribution in [1.82, 2.24) is 4.98 Å². The molecular formula is C23H17Cl2N3OS. The average molecular weight is 454 g/mol. The van der Waals surface area contributed by atoms with Crippen LogP contribution in [0.2, 0.25) is 10.0 Å². The molecule has 0 saturated heterocycles. The van der Waals surface area contributed by atoms with Crippen LogP contribution in [0, 0.1) is 0 Å². The van der Waals surface area contributed by atoms with Crippen molar-refractivity contribution in [1.29, 1.82) is 0 Å². The van der Waals surface area contributed by atoms with Crippen LogP contribution in [0.25, 0.3) is 11.3 Å². The molecule has 0 spiro atoms. The van der Waals surface area contributed by atoms with E-state index in [4.69, 9.17) is 27.9 Å². The number of hydrogen-bond donors (Lipinski definition) is 1. The van der Waals surface area contributed by atoms with Crippen LogP contribution in [0.5, 0.6) is 5.75 Å². The molecular weight excluding hydrogens is 437 g/mol. The first-order valence-electron chi connectivity index (χ1n) is 9.14. The normalized spacial score (nSPS) is 11.0. The Morgan fingerprint density at radius 1 is 1.00 bits per heavy atom. The summed E-state index contributed by atoms with van der Waals surface area (Å²) in [6.07, 6.45) is 1.73. The van der Waals surface area contributed by atoms with Gasteiger partial charge in [0.25, 0.3) is 0 Å². The lowest BCUT2D eigenvalue weighted by Crippen LogP contribution is -1.97. The zero-order valence-corrected chi connectivity index (χ0v) is 18.1. The molecule has 0 radical (unpaired) electrons. The number of aromatic nitrogens is 1. The number of thiazole rings is 1. The van der Waals surface area contributed by atoms with Crippen molar-refractivity contribution in [2.75, 3.05) is 5.43 Å². The minimum atomic E-state index is 0.408. The molecule has 0 aliphatic rings. The quantitative estimate of drug-likeness (QED) is 0.238. The predicted molar refractivity (Wildman–Crippen MR) is 126 cm³/mol. The highest BCUT2D eigenvalue weighted by molar-refractivity contribution is 7.14. The van der Waals surface area contributed by atoms with E-state index in [0.29, 0.717) is 21.8 Å². The van der Waals surface area contributed by atoms with Crippen LogP contribution < -0.4 is 10.2 Å². The maximum Gasteiger partial charge on any atom is 0.203 e. The van der Waals surface area contributed by atoms with E-state index in [1.807, 2.05) is 78.2 Å². The number of nitrogens with zero attached hydrogens (tertiary/aromatic N) is 2. The van der Waals surface area contributed by atoms with Gasteiger partial charge in [-0.1, -0.05) is 65.7 Å². The molecule has 0 amide bonds. The van der Waals surface area contributed by atoms with Crippen LogP contribution in [0.4, 0.5) is 5.13 Å². The van der Waals surface area contributed by atoms with Crippen molar-refractivity contribution >= 4 is 45.9 Å². The minimum Gasteiger partial charge on any atom is -0.489 e. The van der Waals surface area contributed by atoms with E-state index in [1.54, 1.807) is 6.21 Å². The van der Waals surface area contributed by atoms with Crippen molar-refractivity contribution < 1.29 is 4.74 Å². The van der Waals surface area contributed by atoms with E-state index >= 15 is 0 Å². The maximum absolute atomic E-state index is 6.18. The van der Waals surface area contributed by atoms with Gasteiger partial charge in [0.1, 0.15) is 12.4 Å². The highest BCUT2D eigenvalue weighted by Gasteiger charge is 2.04. The lowest BCUT2D eigenvalue weighted by Gasteiger charge is -2.08. The van der Waals surface area contributed by atoms with E-state index in [-0.39, 0.29) is 0 Å². The molecule has 0 fully saturated rings. The van der Waals surface area contributed by atoms with Gasteiger partial charge < -0.3 is 4.74 Å². The van der Waals surface area contributed by atoms with Gasteiger partial charge in [0, 0.05) is 26.6 Å². The molecule has 150 valence electrons. The summed E-state index contributed by atoms with van der Waals surface area (Å²) >= 11 is 13.6. The average Bonchev–Trinajstić information content (AvgIpc) is 3.23. The van der Waals surface area contributed by atoms with Gasteiger partial charge in [-0.05, 0) is 35.9 Å². The summed E-state index contributed by atoms with van der Waals surface area (Å²) in [6, 6.07) is 22.9. The molecule has 30 heavy (non-hydrogen) atoms. The Morgan fingerprint density at radius 2 is 1.83 bits per heavy atom. The molecule has 4 aromatic rings. The fourth-order valence-corrected chi connectivity index (χ4v) is 3.69. The van der Waals surface area contributed by atoms with Gasteiger partial charge in [-0.15, -0.1) is 11.3 Å². The van der Waals surface area contributed by atoms with Crippen LogP contribution in [0.3, 0.4) is 0 Å². The standard InChI is InChI=1S/C23H17Cl2N3OS/c24-19-10-8-17(9-11-19)22-15-30-23(27-22)28-26-13-16-4-3-6-20(12-16)29-14-18-5-1-2-7-21(18)25/h1-13,15H,14H2,(H,27,28)/b26-13-. The van der Waals surface area contributed by atoms with Gasteiger partial charge in [-0.25, -0.2) is 4.98 Å². The van der Waals surface area contributed by atoms with Gasteiger partial charge in [0.2, 0.25) is 5.13 Å². The molecule has 0 aliphatic carbocycles. The number of anilines is 1. The van der Waals surface area contributed by atoms with Crippen LogP contribution in [0.1, 0.15) is 11.1 Å². The molecule has 0 bridgehead atoms. The molecule has 1 heterocycles. The van der Waals surface area contributed by atoms with Crippen LogP contribution in [-0.4, -0.2) is 11.2 Å². The Morgan fingerprint density at radius 3 is 2.67 bits per heavy atom. The summed E-state index contributed by atoms with van der Waals surface area (Å²) in [5.41, 5.74) is 6.72. The Labute approximate surface area is 188 Å². The molecule has 0 saturated carbocycles. The molecule has 1 aromatic heterocycles. The third-order valence-electron chi connectivity index (χ3n) is 4.23. The van der Waals surface area contributed by atoms with Crippen molar-refractivity contribution in [3.05, 3.63) is 99.3 Å². The summed E-state index contributed by atoms with van der Waals surface area (Å²) in [5.74, 6) is 0.748. The van der Waals surface area contributed by atoms with E-state index in [1.165, 1.54) is 11.3 Å². The fraction of sp³-hybridized carbons (Fsp3) is 0.0435. The van der Waals surface area contributed by atoms with Gasteiger partial charge in [-0.3, -0.25) is 5.43 Å². The first kappa shape index (κ1) is 20.4. The smallest absolute Gasteiger partial charge is 0.203 e. The first-order chi connectivity index (χ1) is 14.7. The second kappa shape index (κ2) is 9.76. The molecule has 3 aromatic carbocycles. The molecule has 4 nitrogen and oxygen atoms in total.